The molecule has 0 atom stereocenters. The summed E-state index contributed by atoms with van der Waals surface area (Å²) in [6, 6.07) is 11.9. The Kier molecular flexibility index (Phi) is 7.29. The van der Waals surface area contributed by atoms with Gasteiger partial charge < -0.3 is 14.8 Å². The number of rotatable bonds is 8. The van der Waals surface area contributed by atoms with Gasteiger partial charge in [-0.2, -0.15) is 0 Å². The van der Waals surface area contributed by atoms with E-state index in [1.807, 2.05) is 42.6 Å². The van der Waals surface area contributed by atoms with Crippen molar-refractivity contribution in [3.05, 3.63) is 64.0 Å². The van der Waals surface area contributed by atoms with Gasteiger partial charge in [0, 0.05) is 27.1 Å². The van der Waals surface area contributed by atoms with E-state index < -0.39 is 5.97 Å². The highest BCUT2D eigenvalue weighted by Crippen LogP contribution is 2.37. The largest absolute Gasteiger partial charge is 0.496 e. The van der Waals surface area contributed by atoms with Crippen molar-refractivity contribution in [1.82, 2.24) is 9.97 Å². The Morgan fingerprint density at radius 1 is 1.15 bits per heavy atom. The van der Waals surface area contributed by atoms with E-state index >= 15 is 0 Å². The Hall–Kier alpha value is -3.23. The van der Waals surface area contributed by atoms with E-state index in [0.29, 0.717) is 22.4 Å². The van der Waals surface area contributed by atoms with Crippen molar-refractivity contribution >= 4 is 39.6 Å². The molecule has 6 nitrogen and oxygen atoms in total. The number of carbonyl (C=O) groups is 1. The van der Waals surface area contributed by atoms with Gasteiger partial charge in [0.1, 0.15) is 17.1 Å². The maximum absolute atomic E-state index is 12.6. The lowest BCUT2D eigenvalue weighted by Crippen LogP contribution is -2.07. The Balaban J connectivity index is 1.72. The molecule has 0 aliphatic carbocycles. The number of aromatic nitrogens is 2. The summed E-state index contributed by atoms with van der Waals surface area (Å²) in [6.45, 7) is 6.41. The van der Waals surface area contributed by atoms with Crippen LogP contribution in [0.25, 0.3) is 21.7 Å². The third-order valence-electron chi connectivity index (χ3n) is 5.28. The summed E-state index contributed by atoms with van der Waals surface area (Å²) in [6.07, 6.45) is 2.66. The number of anilines is 2. The monoisotopic (exact) mass is 493 g/mol. The van der Waals surface area contributed by atoms with Gasteiger partial charge in [-0.1, -0.05) is 19.9 Å². The lowest BCUT2D eigenvalue weighted by atomic mass is 10.0. The molecule has 0 radical (unpaired) electrons. The Labute approximate surface area is 207 Å². The minimum absolute atomic E-state index is 0.371. The first kappa shape index (κ1) is 23.9. The number of nitrogens with one attached hydrogen (secondary N) is 1. The highest BCUT2D eigenvalue weighted by Gasteiger charge is 2.20. The number of ether oxygens (including phenoxy) is 2. The van der Waals surface area contributed by atoms with Crippen LogP contribution in [0, 0.1) is 12.8 Å². The van der Waals surface area contributed by atoms with Gasteiger partial charge in [0.05, 0.1) is 19.9 Å². The first-order valence-corrected chi connectivity index (χ1v) is 12.6. The molecule has 34 heavy (non-hydrogen) atoms. The number of thiophene rings is 1. The van der Waals surface area contributed by atoms with Gasteiger partial charge in [-0.15, -0.1) is 22.7 Å². The van der Waals surface area contributed by atoms with E-state index in [2.05, 4.69) is 30.2 Å². The van der Waals surface area contributed by atoms with E-state index in [4.69, 9.17) is 14.5 Å². The van der Waals surface area contributed by atoms with Gasteiger partial charge in [0.2, 0.25) is 0 Å². The van der Waals surface area contributed by atoms with E-state index in [9.17, 15) is 4.79 Å². The number of thiazole rings is 1. The van der Waals surface area contributed by atoms with Crippen LogP contribution >= 0.6 is 22.7 Å². The van der Waals surface area contributed by atoms with Crippen molar-refractivity contribution in [3.8, 4) is 27.4 Å². The van der Waals surface area contributed by atoms with Crippen molar-refractivity contribution in [2.75, 3.05) is 19.5 Å². The zero-order valence-corrected chi connectivity index (χ0v) is 21.5. The van der Waals surface area contributed by atoms with Crippen LogP contribution in [0.3, 0.4) is 0 Å². The highest BCUT2D eigenvalue weighted by atomic mass is 32.1. The molecule has 3 aromatic heterocycles. The number of esters is 1. The molecule has 0 unspecified atom stereocenters. The Bertz CT molecular complexity index is 1300. The number of nitrogens with zero attached hydrogens (tertiary/aromatic N) is 2. The second-order valence-corrected chi connectivity index (χ2v) is 10.3. The van der Waals surface area contributed by atoms with Crippen LogP contribution in [0.4, 0.5) is 10.9 Å². The smallest absolute Gasteiger partial charge is 0.341 e. The molecule has 0 fully saturated rings. The SMILES string of the molecule is COC(=O)c1cc(-c2cccs2)cnc1Nc1nc(-c2ccc(OC)c(C)c2)c(CC(C)C)s1. The van der Waals surface area contributed by atoms with Crippen molar-refractivity contribution in [2.24, 2.45) is 5.92 Å². The van der Waals surface area contributed by atoms with E-state index in [-0.39, 0.29) is 0 Å². The molecule has 4 aromatic rings. The third kappa shape index (κ3) is 5.13. The normalized spacial score (nSPS) is 11.0. The molecule has 0 aliphatic rings. The van der Waals surface area contributed by atoms with Gasteiger partial charge in [-0.05, 0) is 60.5 Å². The summed E-state index contributed by atoms with van der Waals surface area (Å²) in [5.74, 6) is 1.30. The van der Waals surface area contributed by atoms with Gasteiger partial charge in [-0.25, -0.2) is 14.8 Å². The second-order valence-electron chi connectivity index (χ2n) is 8.29. The topological polar surface area (TPSA) is 73.3 Å². The molecule has 3 heterocycles. The maximum atomic E-state index is 12.6. The Morgan fingerprint density at radius 3 is 2.62 bits per heavy atom. The molecule has 0 bridgehead atoms. The number of benzene rings is 1. The van der Waals surface area contributed by atoms with Crippen molar-refractivity contribution < 1.29 is 14.3 Å². The zero-order chi connectivity index (χ0) is 24.2. The predicted molar refractivity (Wildman–Crippen MR) is 140 cm³/mol. The molecule has 0 saturated heterocycles. The molecular weight excluding hydrogens is 466 g/mol. The highest BCUT2D eigenvalue weighted by molar-refractivity contribution is 7.16. The molecule has 0 aliphatic heterocycles. The van der Waals surface area contributed by atoms with Crippen LogP contribution in [-0.4, -0.2) is 30.2 Å². The number of aryl methyl sites for hydroxylation is 1. The number of hydrogen-bond acceptors (Lipinski definition) is 8. The lowest BCUT2D eigenvalue weighted by molar-refractivity contribution is 0.0601. The fourth-order valence-electron chi connectivity index (χ4n) is 3.67. The molecule has 176 valence electrons. The van der Waals surface area contributed by atoms with Crippen LogP contribution in [0.1, 0.15) is 34.6 Å². The molecule has 0 spiro atoms. The van der Waals surface area contributed by atoms with Crippen LogP contribution in [0.2, 0.25) is 0 Å². The summed E-state index contributed by atoms with van der Waals surface area (Å²) in [7, 11) is 3.05. The molecule has 0 amide bonds. The predicted octanol–water partition coefficient (Wildman–Crippen LogP) is 6.98. The Morgan fingerprint density at radius 2 is 1.97 bits per heavy atom. The average Bonchev–Trinajstić information content (AvgIpc) is 3.49. The van der Waals surface area contributed by atoms with Crippen molar-refractivity contribution in [3.63, 3.8) is 0 Å². The van der Waals surface area contributed by atoms with Gasteiger partial charge in [0.15, 0.2) is 5.13 Å². The molecular formula is C26H27N3O3S2. The van der Waals surface area contributed by atoms with Gasteiger partial charge in [-0.3, -0.25) is 0 Å². The van der Waals surface area contributed by atoms with Gasteiger partial charge >= 0.3 is 5.97 Å². The quantitative estimate of drug-likeness (QED) is 0.267. The standard InChI is InChI=1S/C26H27N3O3S2/c1-15(2)11-22-23(17-8-9-20(31-4)16(3)12-17)28-26(34-22)29-24-19(25(30)32-5)13-18(14-27-24)21-7-6-10-33-21/h6-10,12-15H,11H2,1-5H3,(H,27,28,29). The number of methoxy groups -OCH3 is 2. The lowest BCUT2D eigenvalue weighted by Gasteiger charge is -2.09. The molecule has 0 saturated carbocycles. The summed E-state index contributed by atoms with van der Waals surface area (Å²) in [4.78, 5) is 24.2. The molecule has 1 N–H and O–H groups in total. The number of carbonyl (C=O) groups excluding carboxylic acids is 1. The minimum atomic E-state index is -0.446. The summed E-state index contributed by atoms with van der Waals surface area (Å²) >= 11 is 3.17. The average molecular weight is 494 g/mol. The molecule has 8 heteroatoms. The van der Waals surface area contributed by atoms with Crippen molar-refractivity contribution in [1.29, 1.82) is 0 Å². The van der Waals surface area contributed by atoms with Crippen molar-refractivity contribution in [2.45, 2.75) is 27.2 Å². The second kappa shape index (κ2) is 10.4. The maximum Gasteiger partial charge on any atom is 0.341 e. The fraction of sp³-hybridized carbons (Fsp3) is 0.269. The molecule has 1 aromatic carbocycles. The first-order valence-electron chi connectivity index (χ1n) is 10.9. The summed E-state index contributed by atoms with van der Waals surface area (Å²) in [5.41, 5.74) is 4.26. The van der Waals surface area contributed by atoms with Gasteiger partial charge in [0.25, 0.3) is 0 Å². The fourth-order valence-corrected chi connectivity index (χ4v) is 5.58. The van der Waals surface area contributed by atoms with Crippen LogP contribution < -0.4 is 10.1 Å². The molecule has 4 rings (SSSR count). The minimum Gasteiger partial charge on any atom is -0.496 e. The van der Waals surface area contributed by atoms with Crippen LogP contribution in [0.15, 0.2) is 48.0 Å². The third-order valence-corrected chi connectivity index (χ3v) is 7.20. The first-order chi connectivity index (χ1) is 16.4. The van der Waals surface area contributed by atoms with Crippen LogP contribution in [-0.2, 0) is 11.2 Å². The number of pyridine rings is 1. The van der Waals surface area contributed by atoms with Crippen LogP contribution in [0.5, 0.6) is 5.75 Å². The summed E-state index contributed by atoms with van der Waals surface area (Å²) < 4.78 is 10.4. The summed E-state index contributed by atoms with van der Waals surface area (Å²) in [5, 5.41) is 5.95. The van der Waals surface area contributed by atoms with E-state index in [1.54, 1.807) is 36.0 Å². The van der Waals surface area contributed by atoms with E-state index in [1.165, 1.54) is 12.0 Å². The van der Waals surface area contributed by atoms with E-state index in [0.717, 1.165) is 39.4 Å². The zero-order valence-electron chi connectivity index (χ0n) is 19.8. The number of hydrogen-bond donors (Lipinski definition) is 1.